The van der Waals surface area contributed by atoms with Gasteiger partial charge in [-0.25, -0.2) is 4.39 Å². The number of halogens is 3. The van der Waals surface area contributed by atoms with Gasteiger partial charge in [0.1, 0.15) is 5.82 Å². The topological polar surface area (TPSA) is 24.9 Å². The summed E-state index contributed by atoms with van der Waals surface area (Å²) in [6, 6.07) is 6.74. The number of rotatable bonds is 6. The zero-order valence-electron chi connectivity index (χ0n) is 11.7. The number of nitrogens with one attached hydrogen (secondary N) is 1. The van der Waals surface area contributed by atoms with Crippen molar-refractivity contribution in [3.8, 4) is 0 Å². The van der Waals surface area contributed by atoms with E-state index in [4.69, 9.17) is 23.2 Å². The second kappa shape index (κ2) is 7.74. The third-order valence-corrected chi connectivity index (χ3v) is 3.90. The highest BCUT2D eigenvalue weighted by molar-refractivity contribution is 6.31. The molecule has 0 spiro atoms. The van der Waals surface area contributed by atoms with Gasteiger partial charge in [-0.1, -0.05) is 36.2 Å². The fourth-order valence-electron chi connectivity index (χ4n) is 2.15. The molecule has 1 atom stereocenters. The van der Waals surface area contributed by atoms with E-state index >= 15 is 0 Å². The third kappa shape index (κ3) is 4.40. The lowest BCUT2D eigenvalue weighted by Gasteiger charge is -2.20. The van der Waals surface area contributed by atoms with Crippen LogP contribution in [0.3, 0.4) is 0 Å². The monoisotopic (exact) mass is 326 g/mol. The molecule has 1 N–H and O–H groups in total. The first-order valence-corrected chi connectivity index (χ1v) is 7.64. The molecule has 21 heavy (non-hydrogen) atoms. The molecular formula is C16H17Cl2FN2. The first-order valence-electron chi connectivity index (χ1n) is 6.88. The van der Waals surface area contributed by atoms with Crippen molar-refractivity contribution in [1.82, 2.24) is 10.3 Å². The lowest BCUT2D eigenvalue weighted by Crippen LogP contribution is -2.24. The Kier molecular flexibility index (Phi) is 5.97. The summed E-state index contributed by atoms with van der Waals surface area (Å²) in [5, 5.41) is 4.22. The second-order valence-corrected chi connectivity index (χ2v) is 5.67. The minimum absolute atomic E-state index is 0.0305. The van der Waals surface area contributed by atoms with Crippen molar-refractivity contribution in [2.24, 2.45) is 0 Å². The highest BCUT2D eigenvalue weighted by Crippen LogP contribution is 2.26. The van der Waals surface area contributed by atoms with Crippen LogP contribution in [0.15, 0.2) is 36.7 Å². The zero-order valence-corrected chi connectivity index (χ0v) is 13.3. The fraction of sp³-hybridized carbons (Fsp3) is 0.312. The molecule has 1 heterocycles. The second-order valence-electron chi connectivity index (χ2n) is 4.85. The molecule has 0 bridgehead atoms. The molecule has 0 aliphatic rings. The van der Waals surface area contributed by atoms with Crippen LogP contribution in [0.2, 0.25) is 10.0 Å². The van der Waals surface area contributed by atoms with Gasteiger partial charge in [0.2, 0.25) is 0 Å². The predicted octanol–water partition coefficient (Wildman–Crippen LogP) is 4.81. The first-order chi connectivity index (χ1) is 10.1. The van der Waals surface area contributed by atoms with Gasteiger partial charge < -0.3 is 5.32 Å². The number of hydrogen-bond acceptors (Lipinski definition) is 2. The number of hydrogen-bond donors (Lipinski definition) is 1. The van der Waals surface area contributed by atoms with Crippen LogP contribution >= 0.6 is 23.2 Å². The Morgan fingerprint density at radius 2 is 2.05 bits per heavy atom. The standard InChI is InChI=1S/C16H17Cl2FN2/c1-2-6-21-16(9-11-5-7-20-10-14(11)18)12-3-4-15(19)13(17)8-12/h3-5,7-8,10,16,21H,2,6,9H2,1H3. The lowest BCUT2D eigenvalue weighted by molar-refractivity contribution is 0.527. The van der Waals surface area contributed by atoms with Crippen molar-refractivity contribution >= 4 is 23.2 Å². The molecule has 0 amide bonds. The highest BCUT2D eigenvalue weighted by Gasteiger charge is 2.15. The summed E-state index contributed by atoms with van der Waals surface area (Å²) in [6.07, 6.45) is 5.06. The van der Waals surface area contributed by atoms with Crippen molar-refractivity contribution in [1.29, 1.82) is 0 Å². The van der Waals surface area contributed by atoms with Gasteiger partial charge in [0, 0.05) is 18.4 Å². The maximum Gasteiger partial charge on any atom is 0.141 e. The van der Waals surface area contributed by atoms with Crippen molar-refractivity contribution in [2.45, 2.75) is 25.8 Å². The summed E-state index contributed by atoms with van der Waals surface area (Å²) >= 11 is 12.1. The summed E-state index contributed by atoms with van der Waals surface area (Å²) < 4.78 is 13.3. The van der Waals surface area contributed by atoms with Gasteiger partial charge in [-0.15, -0.1) is 0 Å². The molecule has 112 valence electrons. The summed E-state index contributed by atoms with van der Waals surface area (Å²) in [6.45, 7) is 2.96. The van der Waals surface area contributed by atoms with E-state index in [2.05, 4.69) is 17.2 Å². The van der Waals surface area contributed by atoms with Crippen LogP contribution in [0.4, 0.5) is 4.39 Å². The van der Waals surface area contributed by atoms with Gasteiger partial charge in [-0.3, -0.25) is 4.98 Å². The van der Waals surface area contributed by atoms with Crippen LogP contribution in [-0.4, -0.2) is 11.5 Å². The minimum atomic E-state index is -0.406. The van der Waals surface area contributed by atoms with Crippen LogP contribution in [0.5, 0.6) is 0 Å². The molecule has 2 nitrogen and oxygen atoms in total. The van der Waals surface area contributed by atoms with Crippen molar-refractivity contribution < 1.29 is 4.39 Å². The summed E-state index contributed by atoms with van der Waals surface area (Å²) in [5.74, 6) is -0.406. The number of pyridine rings is 1. The third-order valence-electron chi connectivity index (χ3n) is 3.27. The van der Waals surface area contributed by atoms with Gasteiger partial charge in [0.15, 0.2) is 0 Å². The van der Waals surface area contributed by atoms with Crippen LogP contribution < -0.4 is 5.32 Å². The minimum Gasteiger partial charge on any atom is -0.310 e. The Morgan fingerprint density at radius 1 is 1.24 bits per heavy atom. The first kappa shape index (κ1) is 16.2. The van der Waals surface area contributed by atoms with Gasteiger partial charge in [-0.05, 0) is 48.7 Å². The van der Waals surface area contributed by atoms with E-state index in [1.807, 2.05) is 6.07 Å². The van der Waals surface area contributed by atoms with Crippen molar-refractivity contribution in [3.63, 3.8) is 0 Å². The molecular weight excluding hydrogens is 310 g/mol. The summed E-state index contributed by atoms with van der Waals surface area (Å²) in [4.78, 5) is 3.99. The quantitative estimate of drug-likeness (QED) is 0.823. The van der Waals surface area contributed by atoms with Crippen LogP contribution in [0.1, 0.15) is 30.5 Å². The van der Waals surface area contributed by atoms with Gasteiger partial charge in [0.05, 0.1) is 10.0 Å². The largest absolute Gasteiger partial charge is 0.310 e. The van der Waals surface area contributed by atoms with E-state index in [-0.39, 0.29) is 11.1 Å². The fourth-order valence-corrected chi connectivity index (χ4v) is 2.53. The Bertz CT molecular complexity index is 605. The van der Waals surface area contributed by atoms with Crippen LogP contribution in [0, 0.1) is 5.82 Å². The van der Waals surface area contributed by atoms with Crippen LogP contribution in [0.25, 0.3) is 0 Å². The van der Waals surface area contributed by atoms with E-state index < -0.39 is 5.82 Å². The number of nitrogens with zero attached hydrogens (tertiary/aromatic N) is 1. The van der Waals surface area contributed by atoms with Crippen molar-refractivity contribution in [3.05, 3.63) is 63.6 Å². The van der Waals surface area contributed by atoms with Gasteiger partial charge in [-0.2, -0.15) is 0 Å². The average molecular weight is 327 g/mol. The molecule has 0 aliphatic heterocycles. The molecule has 0 fully saturated rings. The molecule has 5 heteroatoms. The highest BCUT2D eigenvalue weighted by atomic mass is 35.5. The normalized spacial score (nSPS) is 12.4. The number of benzene rings is 1. The lowest BCUT2D eigenvalue weighted by atomic mass is 9.99. The van der Waals surface area contributed by atoms with E-state index in [0.717, 1.165) is 24.1 Å². The van der Waals surface area contributed by atoms with E-state index in [1.54, 1.807) is 24.5 Å². The van der Waals surface area contributed by atoms with Gasteiger partial charge >= 0.3 is 0 Å². The Hall–Kier alpha value is -1.16. The Morgan fingerprint density at radius 3 is 2.71 bits per heavy atom. The molecule has 0 radical (unpaired) electrons. The molecule has 1 unspecified atom stereocenters. The van der Waals surface area contributed by atoms with Crippen molar-refractivity contribution in [2.75, 3.05) is 6.54 Å². The molecule has 2 rings (SSSR count). The molecule has 1 aromatic heterocycles. The van der Waals surface area contributed by atoms with E-state index in [9.17, 15) is 4.39 Å². The smallest absolute Gasteiger partial charge is 0.141 e. The Balaban J connectivity index is 2.25. The van der Waals surface area contributed by atoms with E-state index in [1.165, 1.54) is 6.07 Å². The number of aromatic nitrogens is 1. The molecule has 0 saturated heterocycles. The maximum absolute atomic E-state index is 13.3. The molecule has 0 saturated carbocycles. The average Bonchev–Trinajstić information content (AvgIpc) is 2.48. The molecule has 1 aromatic carbocycles. The predicted molar refractivity (Wildman–Crippen MR) is 85.4 cm³/mol. The Labute approximate surface area is 134 Å². The van der Waals surface area contributed by atoms with Crippen LogP contribution in [-0.2, 0) is 6.42 Å². The SMILES string of the molecule is CCCNC(Cc1ccncc1Cl)c1ccc(F)c(Cl)c1. The molecule has 0 aliphatic carbocycles. The van der Waals surface area contributed by atoms with Gasteiger partial charge in [0.25, 0.3) is 0 Å². The zero-order chi connectivity index (χ0) is 15.2. The van der Waals surface area contributed by atoms with E-state index in [0.29, 0.717) is 11.4 Å². The molecule has 2 aromatic rings. The summed E-state index contributed by atoms with van der Waals surface area (Å²) in [5.41, 5.74) is 1.95. The maximum atomic E-state index is 13.3. The summed E-state index contributed by atoms with van der Waals surface area (Å²) in [7, 11) is 0.